The van der Waals surface area contributed by atoms with Crippen molar-refractivity contribution in [3.05, 3.63) is 100 Å². The van der Waals surface area contributed by atoms with Crippen LogP contribution < -0.4 is 4.31 Å². The Morgan fingerprint density at radius 1 is 0.926 bits per heavy atom. The van der Waals surface area contributed by atoms with Crippen molar-refractivity contribution in [1.82, 2.24) is 0 Å². The summed E-state index contributed by atoms with van der Waals surface area (Å²) in [4.78, 5) is 10.3. The van der Waals surface area contributed by atoms with Gasteiger partial charge in [0.2, 0.25) is 0 Å². The van der Waals surface area contributed by atoms with Crippen molar-refractivity contribution in [1.29, 1.82) is 0 Å². The van der Waals surface area contributed by atoms with Gasteiger partial charge < -0.3 is 0 Å². The van der Waals surface area contributed by atoms with Crippen molar-refractivity contribution >= 4 is 21.4 Å². The van der Waals surface area contributed by atoms with Crippen LogP contribution in [0.2, 0.25) is 0 Å². The molecule has 3 aromatic rings. The van der Waals surface area contributed by atoms with E-state index in [9.17, 15) is 18.5 Å². The molecule has 0 aliphatic heterocycles. The molecule has 0 saturated heterocycles. The summed E-state index contributed by atoms with van der Waals surface area (Å²) in [5.74, 6) is 0. The van der Waals surface area contributed by atoms with E-state index < -0.39 is 14.9 Å². The van der Waals surface area contributed by atoms with Gasteiger partial charge in [0, 0.05) is 12.1 Å². The summed E-state index contributed by atoms with van der Waals surface area (Å²) in [7, 11) is -3.99. The highest BCUT2D eigenvalue weighted by atomic mass is 32.2. The van der Waals surface area contributed by atoms with E-state index in [2.05, 4.69) is 0 Å². The van der Waals surface area contributed by atoms with Crippen LogP contribution in [0.4, 0.5) is 11.4 Å². The molecule has 0 amide bonds. The fourth-order valence-electron chi connectivity index (χ4n) is 2.66. The highest BCUT2D eigenvalue weighted by molar-refractivity contribution is 7.92. The minimum Gasteiger partial charge on any atom is -0.262 e. The molecule has 0 radical (unpaired) electrons. The number of non-ortho nitro benzene ring substituents is 1. The number of sulfonamides is 1. The van der Waals surface area contributed by atoms with Crippen molar-refractivity contribution < 1.29 is 13.3 Å². The zero-order valence-electron chi connectivity index (χ0n) is 14.6. The van der Waals surface area contributed by atoms with Gasteiger partial charge in [-0.1, -0.05) is 54.1 Å². The molecule has 6 nitrogen and oxygen atoms in total. The van der Waals surface area contributed by atoms with Crippen molar-refractivity contribution in [3.8, 4) is 0 Å². The van der Waals surface area contributed by atoms with E-state index in [-0.39, 0.29) is 17.1 Å². The number of hydrogen-bond acceptors (Lipinski definition) is 4. The fourth-order valence-corrected chi connectivity index (χ4v) is 4.15. The zero-order chi connectivity index (χ0) is 19.4. The molecule has 3 rings (SSSR count). The van der Waals surface area contributed by atoms with E-state index in [0.29, 0.717) is 5.69 Å². The lowest BCUT2D eigenvalue weighted by Crippen LogP contribution is -2.30. The molecule has 0 aliphatic rings. The fraction of sp³-hybridized carbons (Fsp3) is 0.100. The summed E-state index contributed by atoms with van der Waals surface area (Å²) in [6.45, 7) is 2.04. The lowest BCUT2D eigenvalue weighted by molar-refractivity contribution is -0.385. The van der Waals surface area contributed by atoms with Crippen LogP contribution in [0.5, 0.6) is 0 Å². The third kappa shape index (κ3) is 4.15. The maximum absolute atomic E-state index is 13.3. The predicted molar refractivity (Wildman–Crippen MR) is 104 cm³/mol. The molecule has 0 unspecified atom stereocenters. The summed E-state index contributed by atoms with van der Waals surface area (Å²) in [6.07, 6.45) is 0. The van der Waals surface area contributed by atoms with Crippen LogP contribution in [0.1, 0.15) is 11.1 Å². The first-order chi connectivity index (χ1) is 12.9. The van der Waals surface area contributed by atoms with Crippen LogP contribution >= 0.6 is 0 Å². The third-order valence-corrected chi connectivity index (χ3v) is 5.88. The highest BCUT2D eigenvalue weighted by Gasteiger charge is 2.26. The number of benzene rings is 3. The van der Waals surface area contributed by atoms with Gasteiger partial charge in [-0.05, 0) is 30.7 Å². The Morgan fingerprint density at radius 3 is 2.22 bits per heavy atom. The first kappa shape index (κ1) is 18.6. The lowest BCUT2D eigenvalue weighted by atomic mass is 10.2. The van der Waals surface area contributed by atoms with E-state index in [1.807, 2.05) is 49.4 Å². The van der Waals surface area contributed by atoms with Gasteiger partial charge in [-0.25, -0.2) is 8.42 Å². The molecule has 0 spiro atoms. The molecule has 27 heavy (non-hydrogen) atoms. The number of aryl methyl sites for hydroxylation is 1. The van der Waals surface area contributed by atoms with E-state index in [0.717, 1.165) is 17.2 Å². The number of anilines is 1. The number of nitrogens with zero attached hydrogens (tertiary/aromatic N) is 2. The Kier molecular flexibility index (Phi) is 5.23. The minimum absolute atomic E-state index is 0.117. The Morgan fingerprint density at radius 2 is 1.59 bits per heavy atom. The molecule has 0 saturated carbocycles. The van der Waals surface area contributed by atoms with Gasteiger partial charge in [0.25, 0.3) is 15.7 Å². The van der Waals surface area contributed by atoms with Gasteiger partial charge >= 0.3 is 0 Å². The minimum atomic E-state index is -3.99. The average molecular weight is 382 g/mol. The average Bonchev–Trinajstić information content (AvgIpc) is 2.68. The molecule has 138 valence electrons. The first-order valence-electron chi connectivity index (χ1n) is 8.26. The Hall–Kier alpha value is -3.19. The molecule has 0 aliphatic carbocycles. The maximum Gasteiger partial charge on any atom is 0.270 e. The predicted octanol–water partition coefficient (Wildman–Crippen LogP) is 4.30. The molecule has 0 N–H and O–H groups in total. The second kappa shape index (κ2) is 7.59. The SMILES string of the molecule is Cc1ccc(N(Cc2ccccc2)S(=O)(=O)c2cccc([N+](=O)[O-])c2)cc1. The second-order valence-electron chi connectivity index (χ2n) is 6.09. The van der Waals surface area contributed by atoms with Crippen molar-refractivity contribution in [2.75, 3.05) is 4.31 Å². The van der Waals surface area contributed by atoms with Gasteiger partial charge in [-0.15, -0.1) is 0 Å². The van der Waals surface area contributed by atoms with Crippen molar-refractivity contribution in [3.63, 3.8) is 0 Å². The molecule has 0 bridgehead atoms. The topological polar surface area (TPSA) is 80.5 Å². The van der Waals surface area contributed by atoms with E-state index >= 15 is 0 Å². The normalized spacial score (nSPS) is 11.1. The second-order valence-corrected chi connectivity index (χ2v) is 7.95. The monoisotopic (exact) mass is 382 g/mol. The summed E-state index contributed by atoms with van der Waals surface area (Å²) in [5.41, 5.74) is 2.05. The number of hydrogen-bond donors (Lipinski definition) is 0. The van der Waals surface area contributed by atoms with Crippen LogP contribution in [0.15, 0.2) is 83.8 Å². The van der Waals surface area contributed by atoms with Gasteiger partial charge in [0.15, 0.2) is 0 Å². The van der Waals surface area contributed by atoms with Gasteiger partial charge in [0.05, 0.1) is 22.1 Å². The van der Waals surface area contributed by atoms with Crippen LogP contribution in [0.3, 0.4) is 0 Å². The van der Waals surface area contributed by atoms with Crippen molar-refractivity contribution in [2.45, 2.75) is 18.4 Å². The number of nitro groups is 1. The summed E-state index contributed by atoms with van der Waals surface area (Å²) < 4.78 is 27.9. The van der Waals surface area contributed by atoms with Crippen LogP contribution in [0, 0.1) is 17.0 Å². The molecule has 0 atom stereocenters. The summed E-state index contributed by atoms with van der Waals surface area (Å²) >= 11 is 0. The number of rotatable bonds is 6. The maximum atomic E-state index is 13.3. The molecule has 3 aromatic carbocycles. The third-order valence-electron chi connectivity index (χ3n) is 4.11. The number of nitro benzene ring substituents is 1. The summed E-state index contributed by atoms with van der Waals surface area (Å²) in [5, 5.41) is 11.0. The van der Waals surface area contributed by atoms with Crippen LogP contribution in [-0.2, 0) is 16.6 Å². The zero-order valence-corrected chi connectivity index (χ0v) is 15.5. The Labute approximate surface area is 157 Å². The Balaban J connectivity index is 2.09. The lowest BCUT2D eigenvalue weighted by Gasteiger charge is -2.25. The van der Waals surface area contributed by atoms with Crippen LogP contribution in [0.25, 0.3) is 0 Å². The molecular weight excluding hydrogens is 364 g/mol. The summed E-state index contributed by atoms with van der Waals surface area (Å²) in [6, 6.07) is 21.4. The first-order valence-corrected chi connectivity index (χ1v) is 9.70. The smallest absolute Gasteiger partial charge is 0.262 e. The largest absolute Gasteiger partial charge is 0.270 e. The van der Waals surface area contributed by atoms with Crippen LogP contribution in [-0.4, -0.2) is 13.3 Å². The highest BCUT2D eigenvalue weighted by Crippen LogP contribution is 2.28. The molecular formula is C20H18N2O4S. The van der Waals surface area contributed by atoms with Gasteiger partial charge in [0.1, 0.15) is 0 Å². The molecule has 0 fully saturated rings. The molecule has 0 heterocycles. The van der Waals surface area contributed by atoms with E-state index in [4.69, 9.17) is 0 Å². The molecule has 7 heteroatoms. The molecule has 0 aromatic heterocycles. The van der Waals surface area contributed by atoms with E-state index in [1.165, 1.54) is 22.5 Å². The van der Waals surface area contributed by atoms with E-state index in [1.54, 1.807) is 12.1 Å². The van der Waals surface area contributed by atoms with Gasteiger partial charge in [-0.2, -0.15) is 0 Å². The Bertz CT molecular complexity index is 1050. The van der Waals surface area contributed by atoms with Crippen molar-refractivity contribution in [2.24, 2.45) is 0 Å². The quantitative estimate of drug-likeness (QED) is 0.470. The standard InChI is InChI=1S/C20H18N2O4S/c1-16-10-12-18(13-11-16)21(15-17-6-3-2-4-7-17)27(25,26)20-9-5-8-19(14-20)22(23)24/h2-14H,15H2,1H3. The van der Waals surface area contributed by atoms with Gasteiger partial charge in [-0.3, -0.25) is 14.4 Å².